The molecule has 142 valence electrons. The number of rotatable bonds is 5. The SMILES string of the molecule is C=C[C@@]1(C)CC[C@H]2[C@@](C)(CC(=O)O)[C@@H](C(C)(C)C(=O)O)CC[C@@]2(C)O1. The van der Waals surface area contributed by atoms with Crippen molar-refractivity contribution in [2.24, 2.45) is 22.7 Å². The number of fused-ring (bicyclic) bond motifs is 1. The van der Waals surface area contributed by atoms with Gasteiger partial charge in [0, 0.05) is 0 Å². The van der Waals surface area contributed by atoms with Gasteiger partial charge in [0.1, 0.15) is 0 Å². The number of hydrogen-bond acceptors (Lipinski definition) is 3. The summed E-state index contributed by atoms with van der Waals surface area (Å²) in [5.74, 6) is -1.97. The number of ether oxygens (including phenoxy) is 1. The molecule has 5 atom stereocenters. The number of carbonyl (C=O) groups is 2. The molecule has 5 nitrogen and oxygen atoms in total. The van der Waals surface area contributed by atoms with Crippen LogP contribution in [0.25, 0.3) is 0 Å². The number of aliphatic carboxylic acids is 2. The summed E-state index contributed by atoms with van der Waals surface area (Å²) in [6.07, 6.45) is 4.75. The molecular weight excluding hydrogens is 320 g/mol. The second kappa shape index (κ2) is 6.11. The van der Waals surface area contributed by atoms with Gasteiger partial charge >= 0.3 is 11.9 Å². The quantitative estimate of drug-likeness (QED) is 0.727. The highest BCUT2D eigenvalue weighted by Crippen LogP contribution is 2.62. The van der Waals surface area contributed by atoms with Crippen molar-refractivity contribution in [2.45, 2.75) is 77.9 Å². The van der Waals surface area contributed by atoms with Gasteiger partial charge in [0.2, 0.25) is 0 Å². The van der Waals surface area contributed by atoms with Crippen molar-refractivity contribution in [3.63, 3.8) is 0 Å². The Labute approximate surface area is 150 Å². The molecule has 0 aromatic carbocycles. The number of carboxylic acid groups (broad SMARTS) is 2. The largest absolute Gasteiger partial charge is 0.481 e. The fourth-order valence-corrected chi connectivity index (χ4v) is 5.70. The zero-order valence-electron chi connectivity index (χ0n) is 16.1. The number of hydrogen-bond donors (Lipinski definition) is 2. The van der Waals surface area contributed by atoms with Crippen LogP contribution < -0.4 is 0 Å². The van der Waals surface area contributed by atoms with Gasteiger partial charge in [0.25, 0.3) is 0 Å². The molecule has 0 spiro atoms. The first-order chi connectivity index (χ1) is 11.3. The second-order valence-corrected chi connectivity index (χ2v) is 9.22. The third-order valence-electron chi connectivity index (χ3n) is 7.04. The molecule has 0 aromatic heterocycles. The second-order valence-electron chi connectivity index (χ2n) is 9.22. The molecule has 1 saturated heterocycles. The van der Waals surface area contributed by atoms with Crippen LogP contribution in [0.4, 0.5) is 0 Å². The minimum atomic E-state index is -0.981. The smallest absolute Gasteiger partial charge is 0.309 e. The van der Waals surface area contributed by atoms with E-state index in [1.807, 2.05) is 19.9 Å². The molecule has 1 aliphatic heterocycles. The van der Waals surface area contributed by atoms with E-state index < -0.39 is 34.0 Å². The Morgan fingerprint density at radius 2 is 1.80 bits per heavy atom. The van der Waals surface area contributed by atoms with Crippen molar-refractivity contribution in [2.75, 3.05) is 0 Å². The molecule has 2 aliphatic rings. The summed E-state index contributed by atoms with van der Waals surface area (Å²) in [7, 11) is 0. The van der Waals surface area contributed by atoms with Crippen LogP contribution in [0, 0.1) is 22.7 Å². The molecule has 1 saturated carbocycles. The van der Waals surface area contributed by atoms with Gasteiger partial charge in [-0.25, -0.2) is 0 Å². The zero-order valence-corrected chi connectivity index (χ0v) is 16.1. The lowest BCUT2D eigenvalue weighted by atomic mass is 9.47. The maximum absolute atomic E-state index is 11.9. The summed E-state index contributed by atoms with van der Waals surface area (Å²) in [6, 6.07) is 0. The number of carboxylic acids is 2. The molecule has 2 N–H and O–H groups in total. The lowest BCUT2D eigenvalue weighted by Crippen LogP contribution is -2.62. The van der Waals surface area contributed by atoms with E-state index in [1.165, 1.54) is 0 Å². The van der Waals surface area contributed by atoms with Gasteiger partial charge in [-0.1, -0.05) is 13.0 Å². The van der Waals surface area contributed by atoms with Gasteiger partial charge in [-0.3, -0.25) is 9.59 Å². The van der Waals surface area contributed by atoms with Crippen LogP contribution >= 0.6 is 0 Å². The van der Waals surface area contributed by atoms with E-state index in [-0.39, 0.29) is 18.3 Å². The Morgan fingerprint density at radius 1 is 1.20 bits per heavy atom. The highest BCUT2D eigenvalue weighted by molar-refractivity contribution is 5.75. The first-order valence-electron chi connectivity index (χ1n) is 9.10. The summed E-state index contributed by atoms with van der Waals surface area (Å²) in [5, 5.41) is 19.3. The summed E-state index contributed by atoms with van der Waals surface area (Å²) in [6.45, 7) is 13.4. The molecule has 0 aromatic rings. The molecule has 0 radical (unpaired) electrons. The van der Waals surface area contributed by atoms with Crippen molar-refractivity contribution < 1.29 is 24.5 Å². The standard InChI is InChI=1S/C20H32O5/c1-7-18(4)10-8-14-19(5,12-15(21)22)13(17(2,3)16(23)24)9-11-20(14,6)25-18/h7,13-14H,1,8-12H2,2-6H3,(H,21,22)(H,23,24)/t13-,14+,18+,19+,20-/m1/s1. The van der Waals surface area contributed by atoms with E-state index in [2.05, 4.69) is 13.5 Å². The van der Waals surface area contributed by atoms with Crippen molar-refractivity contribution in [3.05, 3.63) is 12.7 Å². The molecule has 0 unspecified atom stereocenters. The third-order valence-corrected chi connectivity index (χ3v) is 7.04. The van der Waals surface area contributed by atoms with E-state index in [9.17, 15) is 19.8 Å². The molecule has 2 rings (SSSR count). The van der Waals surface area contributed by atoms with E-state index in [0.29, 0.717) is 6.42 Å². The molecule has 2 fully saturated rings. The molecule has 25 heavy (non-hydrogen) atoms. The average Bonchev–Trinajstić information content (AvgIpc) is 2.44. The summed E-state index contributed by atoms with van der Waals surface area (Å²) in [4.78, 5) is 23.6. The Hall–Kier alpha value is -1.36. The van der Waals surface area contributed by atoms with Gasteiger partial charge in [-0.05, 0) is 70.6 Å². The summed E-state index contributed by atoms with van der Waals surface area (Å²) in [5.41, 5.74) is -2.49. The highest BCUT2D eigenvalue weighted by atomic mass is 16.5. The van der Waals surface area contributed by atoms with Gasteiger partial charge in [-0.2, -0.15) is 0 Å². The fraction of sp³-hybridized carbons (Fsp3) is 0.800. The van der Waals surface area contributed by atoms with Crippen LogP contribution in [-0.2, 0) is 14.3 Å². The molecule has 1 heterocycles. The van der Waals surface area contributed by atoms with E-state index in [4.69, 9.17) is 4.74 Å². The maximum atomic E-state index is 11.9. The predicted molar refractivity (Wildman–Crippen MR) is 95.3 cm³/mol. The first-order valence-corrected chi connectivity index (χ1v) is 9.10. The molecule has 0 bridgehead atoms. The molecular formula is C20H32O5. The summed E-state index contributed by atoms with van der Waals surface area (Å²) >= 11 is 0. The lowest BCUT2D eigenvalue weighted by molar-refractivity contribution is -0.247. The van der Waals surface area contributed by atoms with Gasteiger partial charge < -0.3 is 14.9 Å². The van der Waals surface area contributed by atoms with Crippen molar-refractivity contribution >= 4 is 11.9 Å². The van der Waals surface area contributed by atoms with E-state index in [0.717, 1.165) is 19.3 Å². The van der Waals surface area contributed by atoms with Crippen molar-refractivity contribution in [1.29, 1.82) is 0 Å². The van der Waals surface area contributed by atoms with Gasteiger partial charge in [-0.15, -0.1) is 6.58 Å². The van der Waals surface area contributed by atoms with Crippen LogP contribution in [0.15, 0.2) is 12.7 Å². The van der Waals surface area contributed by atoms with Crippen molar-refractivity contribution in [3.8, 4) is 0 Å². The highest BCUT2D eigenvalue weighted by Gasteiger charge is 2.62. The van der Waals surface area contributed by atoms with Crippen LogP contribution in [0.1, 0.15) is 66.7 Å². The Bertz CT molecular complexity index is 583. The van der Waals surface area contributed by atoms with Crippen molar-refractivity contribution in [1.82, 2.24) is 0 Å². The van der Waals surface area contributed by atoms with E-state index in [1.54, 1.807) is 13.8 Å². The van der Waals surface area contributed by atoms with Crippen LogP contribution in [0.3, 0.4) is 0 Å². The summed E-state index contributed by atoms with van der Waals surface area (Å²) < 4.78 is 6.45. The minimum absolute atomic E-state index is 0.00139. The minimum Gasteiger partial charge on any atom is -0.481 e. The topological polar surface area (TPSA) is 83.8 Å². The van der Waals surface area contributed by atoms with Crippen LogP contribution in [0.5, 0.6) is 0 Å². The normalized spacial score (nSPS) is 41.6. The predicted octanol–water partition coefficient (Wildman–Crippen LogP) is 4.12. The van der Waals surface area contributed by atoms with Crippen LogP contribution in [0.2, 0.25) is 0 Å². The fourth-order valence-electron chi connectivity index (χ4n) is 5.70. The molecule has 0 amide bonds. The Balaban J connectivity index is 2.49. The molecule has 5 heteroatoms. The van der Waals surface area contributed by atoms with Gasteiger partial charge in [0.05, 0.1) is 23.0 Å². The van der Waals surface area contributed by atoms with E-state index >= 15 is 0 Å². The zero-order chi connectivity index (χ0) is 19.3. The first kappa shape index (κ1) is 20.0. The van der Waals surface area contributed by atoms with Gasteiger partial charge in [0.15, 0.2) is 0 Å². The monoisotopic (exact) mass is 352 g/mol. The lowest BCUT2D eigenvalue weighted by Gasteiger charge is -2.62. The van der Waals surface area contributed by atoms with Crippen LogP contribution in [-0.4, -0.2) is 33.4 Å². The Morgan fingerprint density at radius 3 is 2.28 bits per heavy atom. The third kappa shape index (κ3) is 3.23. The molecule has 1 aliphatic carbocycles. The maximum Gasteiger partial charge on any atom is 0.309 e. The average molecular weight is 352 g/mol. The Kier molecular flexibility index (Phi) is 4.88.